The molecular formula is C24H28N4O4S. The van der Waals surface area contributed by atoms with Gasteiger partial charge in [-0.15, -0.1) is 0 Å². The molecule has 1 fully saturated rings. The van der Waals surface area contributed by atoms with E-state index in [0.29, 0.717) is 29.7 Å². The number of benzene rings is 2. The fraction of sp³-hybridized carbons (Fsp3) is 0.375. The Morgan fingerprint density at radius 3 is 2.36 bits per heavy atom. The number of carbonyl (C=O) groups is 2. The topological polar surface area (TPSA) is 119 Å². The van der Waals surface area contributed by atoms with Crippen LogP contribution in [0.2, 0.25) is 0 Å². The summed E-state index contributed by atoms with van der Waals surface area (Å²) in [6.45, 7) is 4.33. The number of amides is 2. The maximum Gasteiger partial charge on any atom is 0.253 e. The minimum Gasteiger partial charge on any atom is -0.350 e. The fourth-order valence-electron chi connectivity index (χ4n) is 3.64. The van der Waals surface area contributed by atoms with Gasteiger partial charge in [0, 0.05) is 25.0 Å². The molecule has 0 radical (unpaired) electrons. The van der Waals surface area contributed by atoms with Gasteiger partial charge in [-0.1, -0.05) is 19.1 Å². The Balaban J connectivity index is 1.63. The molecule has 1 atom stereocenters. The van der Waals surface area contributed by atoms with Crippen molar-refractivity contribution in [3.05, 3.63) is 59.7 Å². The van der Waals surface area contributed by atoms with E-state index in [4.69, 9.17) is 5.26 Å². The summed E-state index contributed by atoms with van der Waals surface area (Å²) in [5, 5.41) is 14.6. The van der Waals surface area contributed by atoms with Gasteiger partial charge < -0.3 is 10.6 Å². The van der Waals surface area contributed by atoms with Gasteiger partial charge in [0.25, 0.3) is 5.91 Å². The first-order valence-corrected chi connectivity index (χ1v) is 12.4. The number of anilines is 1. The number of nitriles is 1. The summed E-state index contributed by atoms with van der Waals surface area (Å²) in [7, 11) is -3.69. The zero-order valence-corrected chi connectivity index (χ0v) is 19.6. The molecule has 0 unspecified atom stereocenters. The van der Waals surface area contributed by atoms with E-state index in [1.807, 2.05) is 19.9 Å². The van der Waals surface area contributed by atoms with E-state index in [0.717, 1.165) is 6.42 Å². The van der Waals surface area contributed by atoms with Crippen molar-refractivity contribution in [1.29, 1.82) is 5.26 Å². The van der Waals surface area contributed by atoms with Crippen molar-refractivity contribution in [1.82, 2.24) is 9.62 Å². The molecular weight excluding hydrogens is 440 g/mol. The molecule has 0 saturated carbocycles. The maximum absolute atomic E-state index is 12.9. The molecule has 0 aliphatic carbocycles. The van der Waals surface area contributed by atoms with Gasteiger partial charge in [-0.05, 0) is 62.6 Å². The van der Waals surface area contributed by atoms with Crippen molar-refractivity contribution in [2.45, 2.75) is 44.0 Å². The second-order valence-corrected chi connectivity index (χ2v) is 10.1. The smallest absolute Gasteiger partial charge is 0.253 e. The maximum atomic E-state index is 12.9. The molecule has 0 spiro atoms. The second-order valence-electron chi connectivity index (χ2n) is 8.13. The van der Waals surface area contributed by atoms with Crippen LogP contribution in [-0.2, 0) is 14.8 Å². The summed E-state index contributed by atoms with van der Waals surface area (Å²) in [6.07, 6.45) is 1.55. The van der Waals surface area contributed by atoms with Gasteiger partial charge in [0.2, 0.25) is 15.9 Å². The van der Waals surface area contributed by atoms with Gasteiger partial charge in [0.15, 0.2) is 0 Å². The Hall–Kier alpha value is -3.22. The lowest BCUT2D eigenvalue weighted by Gasteiger charge is -2.30. The molecule has 1 heterocycles. The van der Waals surface area contributed by atoms with Crippen molar-refractivity contribution in [2.24, 2.45) is 5.92 Å². The van der Waals surface area contributed by atoms with Crippen LogP contribution < -0.4 is 10.6 Å². The summed E-state index contributed by atoms with van der Waals surface area (Å²) >= 11 is 0. The monoisotopic (exact) mass is 468 g/mol. The molecule has 8 nitrogen and oxygen atoms in total. The van der Waals surface area contributed by atoms with E-state index < -0.39 is 10.0 Å². The zero-order chi connectivity index (χ0) is 24.0. The number of nitrogens with one attached hydrogen (secondary N) is 2. The Labute approximate surface area is 194 Å². The van der Waals surface area contributed by atoms with E-state index in [2.05, 4.69) is 10.6 Å². The highest BCUT2D eigenvalue weighted by atomic mass is 32.2. The van der Waals surface area contributed by atoms with Crippen LogP contribution in [0.3, 0.4) is 0 Å². The van der Waals surface area contributed by atoms with Crippen molar-refractivity contribution < 1.29 is 18.0 Å². The fourth-order valence-corrected chi connectivity index (χ4v) is 5.11. The average molecular weight is 469 g/mol. The minimum atomic E-state index is -3.69. The van der Waals surface area contributed by atoms with Crippen LogP contribution in [0.5, 0.6) is 0 Å². The van der Waals surface area contributed by atoms with E-state index in [-0.39, 0.29) is 41.8 Å². The van der Waals surface area contributed by atoms with Crippen molar-refractivity contribution in [2.75, 3.05) is 18.4 Å². The number of sulfonamides is 1. The molecule has 9 heteroatoms. The zero-order valence-electron chi connectivity index (χ0n) is 18.7. The van der Waals surface area contributed by atoms with Gasteiger partial charge in [-0.2, -0.15) is 9.57 Å². The van der Waals surface area contributed by atoms with Gasteiger partial charge in [0.05, 0.1) is 27.8 Å². The predicted molar refractivity (Wildman–Crippen MR) is 125 cm³/mol. The molecule has 3 rings (SSSR count). The lowest BCUT2D eigenvalue weighted by atomic mass is 9.97. The quantitative estimate of drug-likeness (QED) is 0.647. The third-order valence-electron chi connectivity index (χ3n) is 5.87. The summed E-state index contributed by atoms with van der Waals surface area (Å²) in [5.41, 5.74) is 1.23. The molecule has 1 aliphatic heterocycles. The largest absolute Gasteiger partial charge is 0.350 e. The third kappa shape index (κ3) is 5.78. The standard InChI is InChI=1S/C24H28N4O4S/c1-3-17(2)26-24(30)21-6-4-5-7-22(21)27-23(29)19-12-14-28(15-13-19)33(31,32)20-10-8-18(16-25)9-11-20/h4-11,17,19H,3,12-15H2,1-2H3,(H,26,30)(H,27,29)/t17-/m0/s1. The lowest BCUT2D eigenvalue weighted by molar-refractivity contribution is -0.120. The van der Waals surface area contributed by atoms with Crippen molar-refractivity contribution in [3.63, 3.8) is 0 Å². The summed E-state index contributed by atoms with van der Waals surface area (Å²) < 4.78 is 27.1. The summed E-state index contributed by atoms with van der Waals surface area (Å²) in [6, 6.07) is 14.6. The number of hydrogen-bond donors (Lipinski definition) is 2. The van der Waals surface area contributed by atoms with Gasteiger partial charge in [0.1, 0.15) is 0 Å². The number of carbonyl (C=O) groups excluding carboxylic acids is 2. The lowest BCUT2D eigenvalue weighted by Crippen LogP contribution is -2.41. The molecule has 2 N–H and O–H groups in total. The molecule has 0 bridgehead atoms. The first-order valence-electron chi connectivity index (χ1n) is 11.0. The molecule has 1 saturated heterocycles. The van der Waals surface area contributed by atoms with E-state index >= 15 is 0 Å². The number of hydrogen-bond acceptors (Lipinski definition) is 5. The highest BCUT2D eigenvalue weighted by Gasteiger charge is 2.32. The molecule has 0 aromatic heterocycles. The van der Waals surface area contributed by atoms with Gasteiger partial charge >= 0.3 is 0 Å². The SMILES string of the molecule is CC[C@H](C)NC(=O)c1ccccc1NC(=O)C1CCN(S(=O)(=O)c2ccc(C#N)cc2)CC1. The highest BCUT2D eigenvalue weighted by molar-refractivity contribution is 7.89. The molecule has 174 valence electrons. The molecule has 2 aromatic rings. The second kappa shape index (κ2) is 10.6. The van der Waals surface area contributed by atoms with Crippen LogP contribution in [-0.4, -0.2) is 43.7 Å². The van der Waals surface area contributed by atoms with Crippen LogP contribution in [0.1, 0.15) is 49.0 Å². The average Bonchev–Trinajstić information content (AvgIpc) is 2.84. The van der Waals surface area contributed by atoms with Crippen LogP contribution in [0, 0.1) is 17.2 Å². The van der Waals surface area contributed by atoms with Gasteiger partial charge in [-0.25, -0.2) is 8.42 Å². The molecule has 1 aliphatic rings. The number of para-hydroxylation sites is 1. The normalized spacial score (nSPS) is 15.9. The van der Waals surface area contributed by atoms with Crippen molar-refractivity contribution >= 4 is 27.5 Å². The van der Waals surface area contributed by atoms with E-state index in [9.17, 15) is 18.0 Å². The Kier molecular flexibility index (Phi) is 7.84. The Morgan fingerprint density at radius 2 is 1.76 bits per heavy atom. The Bertz CT molecular complexity index is 1150. The van der Waals surface area contributed by atoms with Crippen LogP contribution in [0.15, 0.2) is 53.4 Å². The highest BCUT2D eigenvalue weighted by Crippen LogP contribution is 2.26. The molecule has 33 heavy (non-hydrogen) atoms. The minimum absolute atomic E-state index is 0.0173. The van der Waals surface area contributed by atoms with Crippen LogP contribution >= 0.6 is 0 Å². The van der Waals surface area contributed by atoms with Gasteiger partial charge in [-0.3, -0.25) is 9.59 Å². The third-order valence-corrected chi connectivity index (χ3v) is 7.78. The van der Waals surface area contributed by atoms with Crippen molar-refractivity contribution in [3.8, 4) is 6.07 Å². The number of piperidine rings is 1. The number of rotatable bonds is 7. The summed E-state index contributed by atoms with van der Waals surface area (Å²) in [5.74, 6) is -0.833. The first-order chi connectivity index (χ1) is 15.8. The molecule has 2 amide bonds. The molecule has 2 aromatic carbocycles. The number of nitrogens with zero attached hydrogens (tertiary/aromatic N) is 2. The predicted octanol–water partition coefficient (Wildman–Crippen LogP) is 3.13. The van der Waals surface area contributed by atoms with Crippen LogP contribution in [0.25, 0.3) is 0 Å². The van der Waals surface area contributed by atoms with E-state index in [1.165, 1.54) is 28.6 Å². The van der Waals surface area contributed by atoms with E-state index in [1.54, 1.807) is 24.3 Å². The Morgan fingerprint density at radius 1 is 1.12 bits per heavy atom. The summed E-state index contributed by atoms with van der Waals surface area (Å²) in [4.78, 5) is 25.6. The first kappa shape index (κ1) is 24.4. The van der Waals surface area contributed by atoms with Crippen LogP contribution in [0.4, 0.5) is 5.69 Å².